The van der Waals surface area contributed by atoms with E-state index in [1.165, 1.54) is 7.11 Å². The van der Waals surface area contributed by atoms with E-state index in [9.17, 15) is 4.79 Å². The average Bonchev–Trinajstić information content (AvgIpc) is 2.23. The highest BCUT2D eigenvalue weighted by molar-refractivity contribution is 5.89. The molecule has 0 fully saturated rings. The van der Waals surface area contributed by atoms with Gasteiger partial charge in [-0.1, -0.05) is 13.0 Å². The number of nitrogens with zero attached hydrogens (tertiary/aromatic N) is 1. The molecule has 0 bridgehead atoms. The van der Waals surface area contributed by atoms with Crippen LogP contribution in [0.15, 0.2) is 11.6 Å². The molecule has 0 aromatic heterocycles. The van der Waals surface area contributed by atoms with Gasteiger partial charge in [-0.05, 0) is 41.0 Å². The van der Waals surface area contributed by atoms with Crippen molar-refractivity contribution in [3.8, 4) is 0 Å². The van der Waals surface area contributed by atoms with E-state index in [1.54, 1.807) is 0 Å². The van der Waals surface area contributed by atoms with Crippen LogP contribution in [0.3, 0.4) is 0 Å². The second kappa shape index (κ2) is 7.49. The monoisotopic (exact) mass is 241 g/mol. The van der Waals surface area contributed by atoms with Crippen LogP contribution < -0.4 is 0 Å². The first-order valence-electron chi connectivity index (χ1n) is 6.42. The fourth-order valence-electron chi connectivity index (χ4n) is 2.41. The van der Waals surface area contributed by atoms with Gasteiger partial charge in [0.2, 0.25) is 0 Å². The Kier molecular flexibility index (Phi) is 7.12. The number of esters is 1. The van der Waals surface area contributed by atoms with Gasteiger partial charge in [0.25, 0.3) is 0 Å². The maximum absolute atomic E-state index is 11.8. The summed E-state index contributed by atoms with van der Waals surface area (Å²) in [5, 5.41) is 0. The molecule has 0 heterocycles. The highest BCUT2D eigenvalue weighted by Crippen LogP contribution is 2.18. The Labute approximate surface area is 106 Å². The molecular weight excluding hydrogens is 214 g/mol. The van der Waals surface area contributed by atoms with Crippen molar-refractivity contribution in [2.75, 3.05) is 7.11 Å². The topological polar surface area (TPSA) is 29.5 Å². The number of rotatable bonds is 6. The zero-order valence-electron chi connectivity index (χ0n) is 12.3. The summed E-state index contributed by atoms with van der Waals surface area (Å²) in [4.78, 5) is 14.1. The van der Waals surface area contributed by atoms with E-state index in [4.69, 9.17) is 4.74 Å². The molecule has 3 heteroatoms. The summed E-state index contributed by atoms with van der Waals surface area (Å²) in [7, 11) is 1.44. The Morgan fingerprint density at radius 3 is 1.94 bits per heavy atom. The van der Waals surface area contributed by atoms with Crippen LogP contribution in [0.4, 0.5) is 0 Å². The highest BCUT2D eigenvalue weighted by Gasteiger charge is 2.26. The maximum Gasteiger partial charge on any atom is 0.335 e. The molecular formula is C14H27NO2. The van der Waals surface area contributed by atoms with Crippen LogP contribution >= 0.6 is 0 Å². The molecule has 0 spiro atoms. The predicted octanol–water partition coefficient (Wildman–Crippen LogP) is 3.00. The summed E-state index contributed by atoms with van der Waals surface area (Å²) in [6, 6.07) is 0.882. The van der Waals surface area contributed by atoms with E-state index in [1.807, 2.05) is 13.0 Å². The number of hydrogen-bond acceptors (Lipinski definition) is 3. The zero-order valence-corrected chi connectivity index (χ0v) is 12.3. The summed E-state index contributed by atoms with van der Waals surface area (Å²) in [6.45, 7) is 12.7. The summed E-state index contributed by atoms with van der Waals surface area (Å²) < 4.78 is 4.86. The van der Waals surface area contributed by atoms with Crippen LogP contribution in [-0.4, -0.2) is 36.1 Å². The molecule has 0 rings (SSSR count). The molecule has 0 aliphatic heterocycles. The molecule has 0 saturated carbocycles. The Morgan fingerprint density at radius 1 is 1.18 bits per heavy atom. The minimum atomic E-state index is -0.217. The van der Waals surface area contributed by atoms with Crippen molar-refractivity contribution in [1.29, 1.82) is 0 Å². The summed E-state index contributed by atoms with van der Waals surface area (Å²) in [6.07, 6.45) is 2.81. The van der Waals surface area contributed by atoms with Crippen LogP contribution in [0.5, 0.6) is 0 Å². The molecule has 0 aromatic rings. The molecule has 100 valence electrons. The third-order valence-corrected chi connectivity index (χ3v) is 2.94. The van der Waals surface area contributed by atoms with Gasteiger partial charge in [0, 0.05) is 18.1 Å². The number of carbonyl (C=O) groups is 1. The van der Waals surface area contributed by atoms with E-state index < -0.39 is 0 Å². The van der Waals surface area contributed by atoms with Crippen molar-refractivity contribution in [2.24, 2.45) is 0 Å². The second-order valence-corrected chi connectivity index (χ2v) is 4.87. The summed E-state index contributed by atoms with van der Waals surface area (Å²) in [5.41, 5.74) is 0.761. The van der Waals surface area contributed by atoms with E-state index in [0.717, 1.165) is 12.0 Å². The van der Waals surface area contributed by atoms with E-state index in [2.05, 4.69) is 39.5 Å². The van der Waals surface area contributed by atoms with Gasteiger partial charge in [0.1, 0.15) is 0 Å². The van der Waals surface area contributed by atoms with Crippen molar-refractivity contribution >= 4 is 5.97 Å². The minimum Gasteiger partial charge on any atom is -0.466 e. The maximum atomic E-state index is 11.8. The SMILES string of the molecule is CCC=C(C(=O)OC)C(C)N(C(C)C)C(C)C. The second-order valence-electron chi connectivity index (χ2n) is 4.87. The first-order chi connectivity index (χ1) is 7.86. The predicted molar refractivity (Wildman–Crippen MR) is 72.0 cm³/mol. The quantitative estimate of drug-likeness (QED) is 0.529. The van der Waals surface area contributed by atoms with Gasteiger partial charge in [0.15, 0.2) is 0 Å². The molecule has 1 unspecified atom stereocenters. The average molecular weight is 241 g/mol. The molecule has 3 nitrogen and oxygen atoms in total. The Bertz CT molecular complexity index is 261. The van der Waals surface area contributed by atoms with Crippen molar-refractivity contribution in [3.05, 3.63) is 11.6 Å². The molecule has 0 radical (unpaired) electrons. The molecule has 0 aromatic carbocycles. The normalized spacial score (nSPS) is 14.6. The van der Waals surface area contributed by atoms with E-state index in [0.29, 0.717) is 12.1 Å². The minimum absolute atomic E-state index is 0.0856. The van der Waals surface area contributed by atoms with Gasteiger partial charge < -0.3 is 4.74 Å². The third-order valence-electron chi connectivity index (χ3n) is 2.94. The zero-order chi connectivity index (χ0) is 13.6. The Balaban J connectivity index is 5.11. The van der Waals surface area contributed by atoms with Gasteiger partial charge in [-0.25, -0.2) is 4.79 Å². The molecule has 0 N–H and O–H groups in total. The lowest BCUT2D eigenvalue weighted by atomic mass is 10.0. The van der Waals surface area contributed by atoms with Crippen molar-refractivity contribution in [3.63, 3.8) is 0 Å². The number of methoxy groups -OCH3 is 1. The van der Waals surface area contributed by atoms with Gasteiger partial charge in [-0.15, -0.1) is 0 Å². The molecule has 1 atom stereocenters. The molecule has 0 aliphatic carbocycles. The number of allylic oxidation sites excluding steroid dienone is 1. The van der Waals surface area contributed by atoms with Crippen molar-refractivity contribution in [1.82, 2.24) is 4.90 Å². The summed E-state index contributed by atoms with van der Waals surface area (Å²) >= 11 is 0. The van der Waals surface area contributed by atoms with Gasteiger partial charge in [0.05, 0.1) is 12.7 Å². The first kappa shape index (κ1) is 16.2. The largest absolute Gasteiger partial charge is 0.466 e. The standard InChI is InChI=1S/C14H27NO2/c1-8-9-13(14(16)17-7)12(6)15(10(2)3)11(4)5/h9-12H,8H2,1-7H3. The van der Waals surface area contributed by atoms with Gasteiger partial charge >= 0.3 is 5.97 Å². The van der Waals surface area contributed by atoms with Gasteiger partial charge in [-0.3, -0.25) is 4.90 Å². The number of carbonyl (C=O) groups excluding carboxylic acids is 1. The van der Waals surface area contributed by atoms with Crippen LogP contribution in [0.25, 0.3) is 0 Å². The molecule has 0 aliphatic rings. The van der Waals surface area contributed by atoms with Crippen LogP contribution in [0.2, 0.25) is 0 Å². The fourth-order valence-corrected chi connectivity index (χ4v) is 2.41. The van der Waals surface area contributed by atoms with E-state index in [-0.39, 0.29) is 12.0 Å². The lowest BCUT2D eigenvalue weighted by Gasteiger charge is -2.36. The van der Waals surface area contributed by atoms with Crippen LogP contribution in [-0.2, 0) is 9.53 Å². The fraction of sp³-hybridized carbons (Fsp3) is 0.786. The third kappa shape index (κ3) is 4.50. The molecule has 0 saturated heterocycles. The van der Waals surface area contributed by atoms with Crippen LogP contribution in [0.1, 0.15) is 48.0 Å². The number of hydrogen-bond donors (Lipinski definition) is 0. The van der Waals surface area contributed by atoms with E-state index >= 15 is 0 Å². The lowest BCUT2D eigenvalue weighted by molar-refractivity contribution is -0.137. The lowest BCUT2D eigenvalue weighted by Crippen LogP contribution is -2.45. The number of ether oxygens (including phenoxy) is 1. The molecule has 17 heavy (non-hydrogen) atoms. The van der Waals surface area contributed by atoms with Crippen molar-refractivity contribution < 1.29 is 9.53 Å². The smallest absolute Gasteiger partial charge is 0.335 e. The van der Waals surface area contributed by atoms with Crippen LogP contribution in [0, 0.1) is 0 Å². The summed E-state index contributed by atoms with van der Waals surface area (Å²) in [5.74, 6) is -0.217. The van der Waals surface area contributed by atoms with Crippen molar-refractivity contribution in [2.45, 2.75) is 66.1 Å². The highest BCUT2D eigenvalue weighted by atomic mass is 16.5. The van der Waals surface area contributed by atoms with Gasteiger partial charge in [-0.2, -0.15) is 0 Å². The molecule has 0 amide bonds. The Hall–Kier alpha value is -0.830. The Morgan fingerprint density at radius 2 is 1.65 bits per heavy atom. The first-order valence-corrected chi connectivity index (χ1v) is 6.42.